The van der Waals surface area contributed by atoms with Gasteiger partial charge in [0.2, 0.25) is 11.8 Å². The maximum Gasteiger partial charge on any atom is 0.322 e. The number of anilines is 1. The molecule has 2 aromatic carbocycles. The van der Waals surface area contributed by atoms with Crippen molar-refractivity contribution in [2.75, 3.05) is 57.7 Å². The van der Waals surface area contributed by atoms with E-state index in [2.05, 4.69) is 55.8 Å². The van der Waals surface area contributed by atoms with E-state index in [4.69, 9.17) is 0 Å². The zero-order chi connectivity index (χ0) is 32.3. The number of aromatic nitrogens is 2. The Bertz CT molecular complexity index is 1580. The number of carbonyl (C=O) groups is 3. The average molecular weight is 641 g/mol. The van der Waals surface area contributed by atoms with Crippen molar-refractivity contribution in [2.24, 2.45) is 5.92 Å². The molecule has 250 valence electrons. The fourth-order valence-corrected chi connectivity index (χ4v) is 8.18. The van der Waals surface area contributed by atoms with Crippen LogP contribution in [0.5, 0.6) is 0 Å². The quantitative estimate of drug-likeness (QED) is 0.360. The number of nitrogens with zero attached hydrogens (tertiary/aromatic N) is 5. The third-order valence-corrected chi connectivity index (χ3v) is 11.0. The number of nitrogens with one attached hydrogen (secondary N) is 3. The van der Waals surface area contributed by atoms with Crippen LogP contribution in [0.1, 0.15) is 62.5 Å². The molecule has 3 aromatic rings. The second-order valence-corrected chi connectivity index (χ2v) is 13.8. The maximum absolute atomic E-state index is 14.7. The summed E-state index contributed by atoms with van der Waals surface area (Å²) < 4.78 is 0. The average Bonchev–Trinajstić information content (AvgIpc) is 3.52. The van der Waals surface area contributed by atoms with E-state index in [-0.39, 0.29) is 42.4 Å². The Morgan fingerprint density at radius 1 is 0.957 bits per heavy atom. The predicted octanol–water partition coefficient (Wildman–Crippen LogP) is 4.00. The number of piperazine rings is 1. The summed E-state index contributed by atoms with van der Waals surface area (Å²) in [6.07, 6.45) is 7.44. The minimum atomic E-state index is -0.469. The largest absolute Gasteiger partial charge is 0.343 e. The van der Waals surface area contributed by atoms with Gasteiger partial charge in [-0.05, 0) is 73.8 Å². The van der Waals surface area contributed by atoms with Crippen LogP contribution in [0.15, 0.2) is 48.7 Å². The van der Waals surface area contributed by atoms with Crippen LogP contribution in [0.4, 0.5) is 10.5 Å². The van der Waals surface area contributed by atoms with Gasteiger partial charge in [0, 0.05) is 75.9 Å². The monoisotopic (exact) mass is 640 g/mol. The first-order chi connectivity index (χ1) is 23.0. The number of urea groups is 1. The minimum Gasteiger partial charge on any atom is -0.343 e. The van der Waals surface area contributed by atoms with Gasteiger partial charge in [-0.15, -0.1) is 0 Å². The summed E-state index contributed by atoms with van der Waals surface area (Å²) >= 11 is 0. The number of hydrogen-bond donors (Lipinski definition) is 3. The fourth-order valence-electron chi connectivity index (χ4n) is 8.18. The predicted molar refractivity (Wildman–Crippen MR) is 182 cm³/mol. The molecule has 11 heteroatoms. The fraction of sp³-hybridized carbons (Fsp3) is 0.556. The highest BCUT2D eigenvalue weighted by atomic mass is 16.2. The molecule has 11 nitrogen and oxygen atoms in total. The van der Waals surface area contributed by atoms with Gasteiger partial charge < -0.3 is 25.3 Å². The number of likely N-dealkylation sites (tertiary alicyclic amines) is 2. The number of amides is 4. The van der Waals surface area contributed by atoms with Crippen LogP contribution in [0.3, 0.4) is 0 Å². The zero-order valence-corrected chi connectivity index (χ0v) is 27.5. The normalized spacial score (nSPS) is 22.8. The lowest BCUT2D eigenvalue weighted by atomic mass is 9.82. The molecule has 0 radical (unpaired) electrons. The Morgan fingerprint density at radius 2 is 1.77 bits per heavy atom. The standard InChI is InChI=1S/C36H48N8O3/c1-25(27-9-10-32-28(22-27)24-38-40-32)30(35(46)44-16-5-4-8-33(44)41-20-14-37-15-21-41)23-34(45)42-17-12-29(13-18-42)43-19-11-26-6-2-3-7-31(26)39-36(43)47/h2-3,6-7,9-10,22,24-25,29-30,33,37H,4-5,8,11-21,23H2,1H3,(H,38,40)(H,39,47). The van der Waals surface area contributed by atoms with Crippen LogP contribution < -0.4 is 10.6 Å². The van der Waals surface area contributed by atoms with Crippen LogP contribution in [0.2, 0.25) is 0 Å². The third-order valence-electron chi connectivity index (χ3n) is 11.0. The summed E-state index contributed by atoms with van der Waals surface area (Å²) in [6.45, 7) is 8.41. The van der Waals surface area contributed by atoms with Gasteiger partial charge in [0.1, 0.15) is 0 Å². The second kappa shape index (κ2) is 14.0. The maximum atomic E-state index is 14.7. The van der Waals surface area contributed by atoms with E-state index < -0.39 is 5.92 Å². The van der Waals surface area contributed by atoms with Crippen molar-refractivity contribution in [1.29, 1.82) is 0 Å². The van der Waals surface area contributed by atoms with Crippen molar-refractivity contribution in [3.63, 3.8) is 0 Å². The summed E-state index contributed by atoms with van der Waals surface area (Å²) in [5.74, 6) is -0.488. The number of aromatic amines is 1. The number of carbonyl (C=O) groups excluding carboxylic acids is 3. The van der Waals surface area contributed by atoms with Gasteiger partial charge >= 0.3 is 6.03 Å². The van der Waals surface area contributed by atoms with Crippen LogP contribution >= 0.6 is 0 Å². The highest BCUT2D eigenvalue weighted by Gasteiger charge is 2.40. The first-order valence-corrected chi connectivity index (χ1v) is 17.6. The molecule has 0 spiro atoms. The Morgan fingerprint density at radius 3 is 2.60 bits per heavy atom. The molecule has 4 aliphatic heterocycles. The van der Waals surface area contributed by atoms with Gasteiger partial charge in [-0.25, -0.2) is 4.79 Å². The summed E-state index contributed by atoms with van der Waals surface area (Å²) in [5, 5.41) is 14.7. The van der Waals surface area contributed by atoms with E-state index >= 15 is 0 Å². The zero-order valence-electron chi connectivity index (χ0n) is 27.5. The van der Waals surface area contributed by atoms with E-state index in [0.717, 1.165) is 99.0 Å². The summed E-state index contributed by atoms with van der Waals surface area (Å²) in [4.78, 5) is 50.3. The number of rotatable bonds is 7. The molecule has 0 bridgehead atoms. The van der Waals surface area contributed by atoms with Crippen molar-refractivity contribution < 1.29 is 14.4 Å². The number of fused-ring (bicyclic) bond motifs is 2. The van der Waals surface area contributed by atoms with Gasteiger partial charge in [0.05, 0.1) is 23.8 Å². The Balaban J connectivity index is 1.06. The van der Waals surface area contributed by atoms with Crippen molar-refractivity contribution in [1.82, 2.24) is 35.1 Å². The van der Waals surface area contributed by atoms with Crippen molar-refractivity contribution >= 4 is 34.4 Å². The molecular weight excluding hydrogens is 592 g/mol. The van der Waals surface area contributed by atoms with Gasteiger partial charge in [-0.2, -0.15) is 5.10 Å². The SMILES string of the molecule is CC(c1ccc2[nH]ncc2c1)C(CC(=O)N1CCC(N2CCc3ccccc3NC2=O)CC1)C(=O)N1CCCCC1N1CCNCC1. The summed E-state index contributed by atoms with van der Waals surface area (Å²) in [7, 11) is 0. The lowest BCUT2D eigenvalue weighted by Crippen LogP contribution is -2.59. The third kappa shape index (κ3) is 6.73. The highest BCUT2D eigenvalue weighted by Crippen LogP contribution is 2.34. The van der Waals surface area contributed by atoms with E-state index in [0.29, 0.717) is 19.6 Å². The molecule has 1 aromatic heterocycles. The molecule has 7 rings (SSSR count). The molecule has 0 aliphatic carbocycles. The number of para-hydroxylation sites is 1. The van der Waals surface area contributed by atoms with Crippen molar-refractivity contribution in [2.45, 2.75) is 70.0 Å². The molecule has 0 saturated carbocycles. The smallest absolute Gasteiger partial charge is 0.322 e. The lowest BCUT2D eigenvalue weighted by Gasteiger charge is -2.46. The van der Waals surface area contributed by atoms with Crippen LogP contribution in [0, 0.1) is 5.92 Å². The molecule has 3 fully saturated rings. The molecular formula is C36H48N8O3. The van der Waals surface area contributed by atoms with Crippen LogP contribution in [-0.2, 0) is 16.0 Å². The van der Waals surface area contributed by atoms with Crippen molar-refractivity contribution in [3.8, 4) is 0 Å². The first kappa shape index (κ1) is 31.6. The highest BCUT2D eigenvalue weighted by molar-refractivity contribution is 5.91. The number of piperidine rings is 2. The Hall–Kier alpha value is -3.96. The Kier molecular flexibility index (Phi) is 9.44. The van der Waals surface area contributed by atoms with E-state index in [9.17, 15) is 14.4 Å². The molecule has 3 saturated heterocycles. The molecule has 3 N–H and O–H groups in total. The van der Waals surface area contributed by atoms with Gasteiger partial charge in [-0.3, -0.25) is 19.6 Å². The van der Waals surface area contributed by atoms with Crippen LogP contribution in [-0.4, -0.2) is 112 Å². The van der Waals surface area contributed by atoms with Gasteiger partial charge in [-0.1, -0.05) is 31.2 Å². The van der Waals surface area contributed by atoms with E-state index in [1.54, 1.807) is 0 Å². The van der Waals surface area contributed by atoms with Gasteiger partial charge in [0.25, 0.3) is 0 Å². The van der Waals surface area contributed by atoms with Gasteiger partial charge in [0.15, 0.2) is 0 Å². The molecule has 5 heterocycles. The van der Waals surface area contributed by atoms with Crippen LogP contribution in [0.25, 0.3) is 10.9 Å². The number of hydrogen-bond acceptors (Lipinski definition) is 6. The second-order valence-electron chi connectivity index (χ2n) is 13.8. The molecule has 4 amide bonds. The molecule has 3 unspecified atom stereocenters. The summed E-state index contributed by atoms with van der Waals surface area (Å²) in [5.41, 5.74) is 4.05. The van der Waals surface area contributed by atoms with Crippen molar-refractivity contribution in [3.05, 3.63) is 59.8 Å². The van der Waals surface area contributed by atoms with E-state index in [1.165, 1.54) is 0 Å². The van der Waals surface area contributed by atoms with E-state index in [1.807, 2.05) is 40.3 Å². The molecule has 47 heavy (non-hydrogen) atoms. The summed E-state index contributed by atoms with van der Waals surface area (Å²) in [6, 6.07) is 14.2. The first-order valence-electron chi connectivity index (χ1n) is 17.6. The number of H-pyrrole nitrogens is 1. The molecule has 4 aliphatic rings. The topological polar surface area (TPSA) is 117 Å². The lowest BCUT2D eigenvalue weighted by molar-refractivity contribution is -0.149. The number of benzene rings is 2. The minimum absolute atomic E-state index is 0.0292. The molecule has 3 atom stereocenters. The Labute approximate surface area is 277 Å².